The van der Waals surface area contributed by atoms with Crippen LogP contribution >= 0.6 is 11.8 Å². The lowest BCUT2D eigenvalue weighted by atomic mass is 10.1. The molecule has 15 heteroatoms. The Labute approximate surface area is 271 Å². The molecule has 0 aromatic heterocycles. The summed E-state index contributed by atoms with van der Waals surface area (Å²) in [5, 5.41) is 17.3. The Bertz CT molecular complexity index is 1180. The van der Waals surface area contributed by atoms with E-state index in [1.807, 2.05) is 11.9 Å². The van der Waals surface area contributed by atoms with Crippen molar-refractivity contribution >= 4 is 43.7 Å². The third-order valence-electron chi connectivity index (χ3n) is 8.55. The molecule has 0 aliphatic carbocycles. The molecule has 0 saturated carbocycles. The van der Waals surface area contributed by atoms with E-state index in [4.69, 9.17) is 13.9 Å². The standard InChI is InChI=1S/C30H49N5O8SSi/c1-8-44-27(28(37)34(17-18-41-22(2)36)32-15-13-31-14-16-32)26-19-25(43-45(6,7)30(3,4)5)20-33(26)29(38)42-21-23-9-11-24(12-10-23)35(39)40/h9-12,25-27,31H,8,13-21H2,1-7H3/t25-,26-,27?/m0/s1. The molecular weight excluding hydrogens is 619 g/mol. The van der Waals surface area contributed by atoms with Crippen LogP contribution in [0.5, 0.6) is 0 Å². The van der Waals surface area contributed by atoms with Crippen LogP contribution in [0.25, 0.3) is 0 Å². The monoisotopic (exact) mass is 667 g/mol. The third kappa shape index (κ3) is 10.1. The molecule has 1 aromatic carbocycles. The number of piperazine rings is 1. The Hall–Kier alpha value is -2.72. The summed E-state index contributed by atoms with van der Waals surface area (Å²) >= 11 is 1.48. The van der Waals surface area contributed by atoms with Crippen LogP contribution in [0.15, 0.2) is 24.3 Å². The van der Waals surface area contributed by atoms with Crippen molar-refractivity contribution in [3.05, 3.63) is 39.9 Å². The molecule has 0 spiro atoms. The Balaban J connectivity index is 1.88. The minimum Gasteiger partial charge on any atom is -0.464 e. The number of hydrazine groups is 1. The van der Waals surface area contributed by atoms with Crippen LogP contribution in [-0.2, 0) is 30.1 Å². The second-order valence-corrected chi connectivity index (χ2v) is 19.0. The van der Waals surface area contributed by atoms with E-state index in [-0.39, 0.29) is 49.0 Å². The van der Waals surface area contributed by atoms with E-state index < -0.39 is 36.6 Å². The van der Waals surface area contributed by atoms with Gasteiger partial charge in [-0.1, -0.05) is 27.7 Å². The van der Waals surface area contributed by atoms with Crippen molar-refractivity contribution in [1.29, 1.82) is 0 Å². The first-order valence-electron chi connectivity index (χ1n) is 15.5. The molecule has 0 bridgehead atoms. The molecule has 2 fully saturated rings. The lowest BCUT2D eigenvalue weighted by Crippen LogP contribution is -2.59. The molecule has 2 saturated heterocycles. The van der Waals surface area contributed by atoms with Gasteiger partial charge in [-0.3, -0.25) is 24.7 Å². The topological polar surface area (TPSA) is 144 Å². The molecule has 3 atom stereocenters. The van der Waals surface area contributed by atoms with E-state index in [1.54, 1.807) is 22.0 Å². The van der Waals surface area contributed by atoms with E-state index in [2.05, 4.69) is 39.2 Å². The first kappa shape index (κ1) is 36.7. The van der Waals surface area contributed by atoms with Crippen LogP contribution in [0.2, 0.25) is 18.1 Å². The average molecular weight is 668 g/mol. The molecule has 45 heavy (non-hydrogen) atoms. The summed E-state index contributed by atoms with van der Waals surface area (Å²) < 4.78 is 17.7. The van der Waals surface area contributed by atoms with Gasteiger partial charge in [0.05, 0.1) is 23.6 Å². The zero-order valence-corrected chi connectivity index (χ0v) is 29.4. The fraction of sp³-hybridized carbons (Fsp3) is 0.700. The molecule has 0 radical (unpaired) electrons. The second-order valence-electron chi connectivity index (χ2n) is 12.8. The summed E-state index contributed by atoms with van der Waals surface area (Å²) in [5.74, 6) is 0.0821. The normalized spacial score (nSPS) is 20.0. The van der Waals surface area contributed by atoms with Gasteiger partial charge in [-0.15, -0.1) is 11.8 Å². The summed E-state index contributed by atoms with van der Waals surface area (Å²) in [6.45, 7) is 17.3. The minimum atomic E-state index is -2.21. The van der Waals surface area contributed by atoms with E-state index in [1.165, 1.54) is 30.8 Å². The quantitative estimate of drug-likeness (QED) is 0.141. The molecule has 2 aliphatic heterocycles. The number of benzene rings is 1. The number of nitrogens with one attached hydrogen (secondary N) is 1. The van der Waals surface area contributed by atoms with Crippen molar-refractivity contribution in [2.24, 2.45) is 0 Å². The highest BCUT2D eigenvalue weighted by molar-refractivity contribution is 8.00. The van der Waals surface area contributed by atoms with Crippen molar-refractivity contribution in [3.63, 3.8) is 0 Å². The van der Waals surface area contributed by atoms with E-state index in [0.29, 0.717) is 30.8 Å². The first-order chi connectivity index (χ1) is 21.1. The Morgan fingerprint density at radius 3 is 2.36 bits per heavy atom. The van der Waals surface area contributed by atoms with Crippen LogP contribution in [-0.4, -0.2) is 115 Å². The number of nitro benzene ring substituents is 1. The number of thioether (sulfide) groups is 1. The second kappa shape index (κ2) is 16.2. The van der Waals surface area contributed by atoms with Gasteiger partial charge in [-0.2, -0.15) is 0 Å². The van der Waals surface area contributed by atoms with Gasteiger partial charge in [-0.25, -0.2) is 9.80 Å². The average Bonchev–Trinajstić information content (AvgIpc) is 3.39. The fourth-order valence-electron chi connectivity index (χ4n) is 5.18. The van der Waals surface area contributed by atoms with Crippen molar-refractivity contribution < 1.29 is 33.2 Å². The molecule has 1 unspecified atom stereocenters. The number of carbonyl (C=O) groups excluding carboxylic acids is 3. The fourth-order valence-corrected chi connectivity index (χ4v) is 7.64. The number of nitro groups is 1. The van der Waals surface area contributed by atoms with Gasteiger partial charge in [0.25, 0.3) is 11.6 Å². The molecule has 252 valence electrons. The minimum absolute atomic E-state index is 0.0454. The van der Waals surface area contributed by atoms with Crippen molar-refractivity contribution in [1.82, 2.24) is 20.2 Å². The van der Waals surface area contributed by atoms with Crippen LogP contribution < -0.4 is 5.32 Å². The lowest BCUT2D eigenvalue weighted by molar-refractivity contribution is -0.384. The summed E-state index contributed by atoms with van der Waals surface area (Å²) in [5.41, 5.74) is 0.570. The Morgan fingerprint density at radius 1 is 1.16 bits per heavy atom. The number of hydrogen-bond donors (Lipinski definition) is 1. The van der Waals surface area contributed by atoms with Crippen LogP contribution in [0.1, 0.15) is 46.6 Å². The van der Waals surface area contributed by atoms with Gasteiger partial charge in [0.15, 0.2) is 8.32 Å². The predicted octanol–water partition coefficient (Wildman–Crippen LogP) is 4.03. The summed E-state index contributed by atoms with van der Waals surface area (Å²) in [6, 6.07) is 5.37. The highest BCUT2D eigenvalue weighted by atomic mass is 32.2. The SMILES string of the molecule is CCSC(C(=O)N(CCOC(C)=O)N1CCNCC1)[C@@H]1C[C@H](O[Si](C)(C)C(C)(C)C)CN1C(=O)OCc1ccc([N+](=O)[O-])cc1. The van der Waals surface area contributed by atoms with Crippen LogP contribution in [0.3, 0.4) is 0 Å². The number of ether oxygens (including phenoxy) is 2. The van der Waals surface area contributed by atoms with Gasteiger partial charge >= 0.3 is 12.1 Å². The molecular formula is C30H49N5O8SSi. The van der Waals surface area contributed by atoms with E-state index in [9.17, 15) is 24.5 Å². The van der Waals surface area contributed by atoms with E-state index in [0.717, 1.165) is 13.1 Å². The zero-order chi connectivity index (χ0) is 33.4. The third-order valence-corrected chi connectivity index (χ3v) is 14.3. The van der Waals surface area contributed by atoms with Crippen LogP contribution in [0, 0.1) is 10.1 Å². The lowest BCUT2D eigenvalue weighted by Gasteiger charge is -2.40. The summed E-state index contributed by atoms with van der Waals surface area (Å²) in [6.07, 6.45) is -0.367. The van der Waals surface area contributed by atoms with E-state index >= 15 is 0 Å². The molecule has 2 heterocycles. The van der Waals surface area contributed by atoms with Crippen molar-refractivity contribution in [3.8, 4) is 0 Å². The van der Waals surface area contributed by atoms with Gasteiger partial charge in [-0.05, 0) is 48.0 Å². The highest BCUT2D eigenvalue weighted by Gasteiger charge is 2.48. The number of likely N-dealkylation sites (tertiary alicyclic amines) is 1. The predicted molar refractivity (Wildman–Crippen MR) is 175 cm³/mol. The number of amides is 2. The summed E-state index contributed by atoms with van der Waals surface area (Å²) in [4.78, 5) is 51.8. The largest absolute Gasteiger partial charge is 0.464 e. The number of carbonyl (C=O) groups is 3. The Kier molecular flexibility index (Phi) is 13.2. The first-order valence-corrected chi connectivity index (χ1v) is 19.5. The maximum atomic E-state index is 14.4. The maximum Gasteiger partial charge on any atom is 0.410 e. The van der Waals surface area contributed by atoms with Gasteiger partial charge in [0.1, 0.15) is 18.5 Å². The molecule has 1 aromatic rings. The number of esters is 1. The summed E-state index contributed by atoms with van der Waals surface area (Å²) in [7, 11) is -2.21. The molecule has 3 rings (SSSR count). The molecule has 13 nitrogen and oxygen atoms in total. The molecule has 2 amide bonds. The molecule has 2 aliphatic rings. The number of nitrogens with zero attached hydrogens (tertiary/aromatic N) is 4. The maximum absolute atomic E-state index is 14.4. The van der Waals surface area contributed by atoms with Gasteiger partial charge in [0.2, 0.25) is 0 Å². The number of rotatable bonds is 13. The number of hydrogen-bond acceptors (Lipinski definition) is 11. The highest BCUT2D eigenvalue weighted by Crippen LogP contribution is 2.40. The smallest absolute Gasteiger partial charge is 0.410 e. The van der Waals surface area contributed by atoms with Gasteiger partial charge < -0.3 is 24.1 Å². The number of non-ortho nitro benzene ring substituents is 1. The molecule has 1 N–H and O–H groups in total. The van der Waals surface area contributed by atoms with Crippen LogP contribution in [0.4, 0.5) is 10.5 Å². The zero-order valence-electron chi connectivity index (χ0n) is 27.6. The van der Waals surface area contributed by atoms with Crippen molar-refractivity contribution in [2.45, 2.75) is 83.2 Å². The van der Waals surface area contributed by atoms with Gasteiger partial charge in [0, 0.05) is 51.8 Å². The Morgan fingerprint density at radius 2 is 1.80 bits per heavy atom. The van der Waals surface area contributed by atoms with Crippen molar-refractivity contribution in [2.75, 3.05) is 51.6 Å².